The van der Waals surface area contributed by atoms with Gasteiger partial charge < -0.3 is 10.0 Å². The van der Waals surface area contributed by atoms with Gasteiger partial charge in [0.05, 0.1) is 12.7 Å². The summed E-state index contributed by atoms with van der Waals surface area (Å²) >= 11 is 0. The minimum atomic E-state index is -1.16. The highest BCUT2D eigenvalue weighted by molar-refractivity contribution is 5.92. The van der Waals surface area contributed by atoms with E-state index < -0.39 is 28.8 Å². The summed E-state index contributed by atoms with van der Waals surface area (Å²) in [6, 6.07) is 9.63. The summed E-state index contributed by atoms with van der Waals surface area (Å²) in [5, 5.41) is 10.7. The molecule has 1 aliphatic rings. The van der Waals surface area contributed by atoms with Crippen molar-refractivity contribution in [3.8, 4) is 0 Å². The number of nitrogens with zero attached hydrogens (tertiary/aromatic N) is 2. The third-order valence-electron chi connectivity index (χ3n) is 3.86. The van der Waals surface area contributed by atoms with Crippen molar-refractivity contribution >= 4 is 5.91 Å². The van der Waals surface area contributed by atoms with Gasteiger partial charge in [-0.05, 0) is 12.0 Å². The number of carbonyl (C=O) groups is 1. The maximum atomic E-state index is 13.7. The lowest BCUT2D eigenvalue weighted by molar-refractivity contribution is 0.0414. The highest BCUT2D eigenvalue weighted by Crippen LogP contribution is 2.32. The Labute approximate surface area is 126 Å². The van der Waals surface area contributed by atoms with Gasteiger partial charge in [-0.2, -0.15) is 0 Å². The van der Waals surface area contributed by atoms with Gasteiger partial charge in [-0.1, -0.05) is 30.3 Å². The maximum absolute atomic E-state index is 13.7. The molecule has 0 bridgehead atoms. The van der Waals surface area contributed by atoms with Gasteiger partial charge in [-0.25, -0.2) is 13.8 Å². The molecule has 114 valence electrons. The van der Waals surface area contributed by atoms with E-state index in [0.29, 0.717) is 18.1 Å². The molecule has 0 saturated carbocycles. The molecule has 1 aliphatic heterocycles. The minimum Gasteiger partial charge on any atom is -0.383 e. The van der Waals surface area contributed by atoms with Crippen molar-refractivity contribution in [2.24, 2.45) is 0 Å². The molecule has 6 heteroatoms. The Bertz CT molecular complexity index is 709. The molecule has 0 radical (unpaired) electrons. The fourth-order valence-corrected chi connectivity index (χ4v) is 2.67. The predicted octanol–water partition coefficient (Wildman–Crippen LogP) is 2.09. The molecule has 0 aliphatic carbocycles. The lowest BCUT2D eigenvalue weighted by atomic mass is 9.93. The van der Waals surface area contributed by atoms with Crippen LogP contribution in [-0.2, 0) is 5.60 Å². The van der Waals surface area contributed by atoms with E-state index in [9.17, 15) is 18.7 Å². The van der Waals surface area contributed by atoms with E-state index in [0.717, 1.165) is 6.20 Å². The number of β-amino-alcohol motifs (C(OH)–C–C–N with tert-alkyl or cyclic N) is 1. The van der Waals surface area contributed by atoms with Crippen LogP contribution in [0.3, 0.4) is 0 Å². The van der Waals surface area contributed by atoms with Crippen molar-refractivity contribution < 1.29 is 18.7 Å². The Hall–Kier alpha value is -2.34. The van der Waals surface area contributed by atoms with Crippen molar-refractivity contribution in [2.45, 2.75) is 12.0 Å². The molecule has 4 nitrogen and oxygen atoms in total. The lowest BCUT2D eigenvalue weighted by Gasteiger charge is -2.23. The first kappa shape index (κ1) is 14.6. The standard InChI is InChI=1S/C16H14F2N2O2/c17-12-8-13(18)14(19-9-12)15(21)20-7-6-16(22,10-20)11-4-2-1-3-5-11/h1-5,8-9,22H,6-7,10H2/t16-/m1/s1. The number of rotatable bonds is 2. The number of aliphatic hydroxyl groups is 1. The van der Waals surface area contributed by atoms with Gasteiger partial charge >= 0.3 is 0 Å². The fraction of sp³-hybridized carbons (Fsp3) is 0.250. The topological polar surface area (TPSA) is 53.4 Å². The lowest BCUT2D eigenvalue weighted by Crippen LogP contribution is -2.35. The fourth-order valence-electron chi connectivity index (χ4n) is 2.67. The number of carbonyl (C=O) groups excluding carboxylic acids is 1. The Morgan fingerprint density at radius 1 is 1.27 bits per heavy atom. The quantitative estimate of drug-likeness (QED) is 0.924. The zero-order chi connectivity index (χ0) is 15.7. The molecule has 2 aromatic rings. The van der Waals surface area contributed by atoms with Crippen LogP contribution in [0, 0.1) is 11.6 Å². The molecule has 1 fully saturated rings. The van der Waals surface area contributed by atoms with Crippen molar-refractivity contribution in [3.63, 3.8) is 0 Å². The first-order valence-electron chi connectivity index (χ1n) is 6.88. The second kappa shape index (κ2) is 5.46. The molecule has 1 atom stereocenters. The average Bonchev–Trinajstić information content (AvgIpc) is 2.91. The highest BCUT2D eigenvalue weighted by atomic mass is 19.1. The summed E-state index contributed by atoms with van der Waals surface area (Å²) in [6.07, 6.45) is 1.15. The number of aromatic nitrogens is 1. The van der Waals surface area contributed by atoms with Crippen LogP contribution in [0.4, 0.5) is 8.78 Å². The normalized spacial score (nSPS) is 21.1. The number of hydrogen-bond donors (Lipinski definition) is 1. The van der Waals surface area contributed by atoms with Gasteiger partial charge in [-0.3, -0.25) is 4.79 Å². The first-order chi connectivity index (χ1) is 10.5. The van der Waals surface area contributed by atoms with Crippen LogP contribution in [0.2, 0.25) is 0 Å². The van der Waals surface area contributed by atoms with E-state index in [1.807, 2.05) is 6.07 Å². The molecule has 0 spiro atoms. The van der Waals surface area contributed by atoms with Crippen molar-refractivity contribution in [1.29, 1.82) is 0 Å². The number of benzene rings is 1. The van der Waals surface area contributed by atoms with E-state index in [1.54, 1.807) is 24.3 Å². The van der Waals surface area contributed by atoms with Gasteiger partial charge in [0.1, 0.15) is 11.4 Å². The van der Waals surface area contributed by atoms with Crippen molar-refractivity contribution in [2.75, 3.05) is 13.1 Å². The number of hydrogen-bond acceptors (Lipinski definition) is 3. The van der Waals surface area contributed by atoms with Gasteiger partial charge in [0.25, 0.3) is 5.91 Å². The molecule has 0 unspecified atom stereocenters. The SMILES string of the molecule is O=C(c1ncc(F)cc1F)N1CC[C@](O)(c2ccccc2)C1. The number of pyridine rings is 1. The van der Waals surface area contributed by atoms with E-state index in [2.05, 4.69) is 4.98 Å². The molecule has 1 aromatic carbocycles. The second-order valence-electron chi connectivity index (χ2n) is 5.36. The van der Waals surface area contributed by atoms with Crippen LogP contribution in [-0.4, -0.2) is 34.0 Å². The van der Waals surface area contributed by atoms with Crippen LogP contribution >= 0.6 is 0 Å². The zero-order valence-electron chi connectivity index (χ0n) is 11.7. The third kappa shape index (κ3) is 2.57. The van der Waals surface area contributed by atoms with Gasteiger partial charge in [-0.15, -0.1) is 0 Å². The zero-order valence-corrected chi connectivity index (χ0v) is 11.7. The summed E-state index contributed by atoms with van der Waals surface area (Å²) < 4.78 is 26.5. The molecule has 2 heterocycles. The average molecular weight is 304 g/mol. The molecule has 1 aromatic heterocycles. The van der Waals surface area contributed by atoms with Gasteiger partial charge in [0.15, 0.2) is 11.5 Å². The van der Waals surface area contributed by atoms with E-state index >= 15 is 0 Å². The smallest absolute Gasteiger partial charge is 0.275 e. The molecular formula is C16H14F2N2O2. The summed E-state index contributed by atoms with van der Waals surface area (Å²) in [5.74, 6) is -2.49. The largest absolute Gasteiger partial charge is 0.383 e. The summed E-state index contributed by atoms with van der Waals surface area (Å²) in [5.41, 5.74) is -0.885. The van der Waals surface area contributed by atoms with Gasteiger partial charge in [0, 0.05) is 12.6 Å². The molecule has 1 saturated heterocycles. The second-order valence-corrected chi connectivity index (χ2v) is 5.36. The van der Waals surface area contributed by atoms with E-state index in [-0.39, 0.29) is 13.1 Å². The Morgan fingerprint density at radius 3 is 2.68 bits per heavy atom. The first-order valence-corrected chi connectivity index (χ1v) is 6.88. The number of halogens is 2. The van der Waals surface area contributed by atoms with Crippen LogP contribution < -0.4 is 0 Å². The van der Waals surface area contributed by atoms with Crippen LogP contribution in [0.15, 0.2) is 42.6 Å². The van der Waals surface area contributed by atoms with Crippen LogP contribution in [0.1, 0.15) is 22.5 Å². The predicted molar refractivity (Wildman–Crippen MR) is 75.0 cm³/mol. The maximum Gasteiger partial charge on any atom is 0.275 e. The van der Waals surface area contributed by atoms with E-state index in [1.165, 1.54) is 4.90 Å². The minimum absolute atomic E-state index is 0.0499. The van der Waals surface area contributed by atoms with Crippen LogP contribution in [0.25, 0.3) is 0 Å². The van der Waals surface area contributed by atoms with Crippen LogP contribution in [0.5, 0.6) is 0 Å². The third-order valence-corrected chi connectivity index (χ3v) is 3.86. The summed E-state index contributed by atoms with van der Waals surface area (Å²) in [7, 11) is 0. The Kier molecular flexibility index (Phi) is 3.62. The Morgan fingerprint density at radius 2 is 2.00 bits per heavy atom. The molecule has 1 N–H and O–H groups in total. The molecule has 22 heavy (non-hydrogen) atoms. The summed E-state index contributed by atoms with van der Waals surface area (Å²) in [4.78, 5) is 17.1. The van der Waals surface area contributed by atoms with Crippen molar-refractivity contribution in [3.05, 3.63) is 65.5 Å². The Balaban J connectivity index is 1.82. The highest BCUT2D eigenvalue weighted by Gasteiger charge is 2.40. The summed E-state index contributed by atoms with van der Waals surface area (Å²) in [6.45, 7) is 0.330. The molecular weight excluding hydrogens is 290 g/mol. The van der Waals surface area contributed by atoms with Gasteiger partial charge in [0.2, 0.25) is 0 Å². The van der Waals surface area contributed by atoms with Crippen molar-refractivity contribution in [1.82, 2.24) is 9.88 Å². The monoisotopic (exact) mass is 304 g/mol. The molecule has 1 amide bonds. The molecule has 3 rings (SSSR count). The number of amides is 1. The van der Waals surface area contributed by atoms with E-state index in [4.69, 9.17) is 0 Å². The number of likely N-dealkylation sites (tertiary alicyclic amines) is 1.